The van der Waals surface area contributed by atoms with Gasteiger partial charge in [-0.15, -0.1) is 0 Å². The van der Waals surface area contributed by atoms with Crippen molar-refractivity contribution >= 4 is 11.9 Å². The van der Waals surface area contributed by atoms with Crippen LogP contribution in [0.2, 0.25) is 0 Å². The number of pyridine rings is 1. The van der Waals surface area contributed by atoms with Gasteiger partial charge in [0.1, 0.15) is 5.78 Å². The van der Waals surface area contributed by atoms with Crippen LogP contribution in [-0.4, -0.2) is 65.5 Å². The van der Waals surface area contributed by atoms with Crippen LogP contribution in [0.1, 0.15) is 64.0 Å². The molecule has 0 aliphatic carbocycles. The predicted octanol–water partition coefficient (Wildman–Crippen LogP) is 5.63. The zero-order valence-corrected chi connectivity index (χ0v) is 22.3. The van der Waals surface area contributed by atoms with Gasteiger partial charge in [-0.2, -0.15) is 0 Å². The van der Waals surface area contributed by atoms with Gasteiger partial charge < -0.3 is 14.5 Å². The first-order chi connectivity index (χ1) is 17.3. The zero-order chi connectivity index (χ0) is 25.7. The zero-order valence-electron chi connectivity index (χ0n) is 22.3. The number of hydrogen-bond donors (Lipinski definition) is 0. The highest BCUT2D eigenvalue weighted by Gasteiger charge is 2.41. The van der Waals surface area contributed by atoms with Gasteiger partial charge in [-0.05, 0) is 99.7 Å². The highest BCUT2D eigenvalue weighted by Crippen LogP contribution is 2.44. The first-order valence-electron chi connectivity index (χ1n) is 13.5. The molecule has 1 unspecified atom stereocenters. The van der Waals surface area contributed by atoms with Crippen LogP contribution in [0.3, 0.4) is 0 Å². The minimum Gasteiger partial charge on any atom is -0.450 e. The Labute approximate surface area is 216 Å². The van der Waals surface area contributed by atoms with Crippen LogP contribution in [0, 0.1) is 12.8 Å². The third kappa shape index (κ3) is 5.80. The summed E-state index contributed by atoms with van der Waals surface area (Å²) in [4.78, 5) is 33.2. The summed E-state index contributed by atoms with van der Waals surface area (Å²) in [6.07, 6.45) is 8.49. The number of aromatic nitrogens is 1. The second-order valence-corrected chi connectivity index (χ2v) is 10.7. The Bertz CT molecular complexity index is 1040. The number of rotatable bonds is 7. The molecular weight excluding hydrogens is 450 g/mol. The Kier molecular flexibility index (Phi) is 8.45. The Morgan fingerprint density at radius 1 is 1.11 bits per heavy atom. The quantitative estimate of drug-likeness (QED) is 0.503. The summed E-state index contributed by atoms with van der Waals surface area (Å²) in [5.74, 6) is 0.301. The summed E-state index contributed by atoms with van der Waals surface area (Å²) in [5, 5.41) is 0. The van der Waals surface area contributed by atoms with Crippen LogP contribution in [0.25, 0.3) is 11.1 Å². The van der Waals surface area contributed by atoms with Crippen LogP contribution in [0.5, 0.6) is 0 Å². The molecule has 0 bridgehead atoms. The van der Waals surface area contributed by atoms with Gasteiger partial charge in [0.25, 0.3) is 0 Å². The van der Waals surface area contributed by atoms with E-state index in [0.717, 1.165) is 63.8 Å². The van der Waals surface area contributed by atoms with Crippen LogP contribution in [0.4, 0.5) is 4.79 Å². The lowest BCUT2D eigenvalue weighted by molar-refractivity contribution is -0.121. The van der Waals surface area contributed by atoms with Gasteiger partial charge in [-0.1, -0.05) is 31.2 Å². The molecule has 1 aromatic carbocycles. The maximum atomic E-state index is 12.3. The van der Waals surface area contributed by atoms with Gasteiger partial charge >= 0.3 is 6.09 Å². The molecule has 0 N–H and O–H groups in total. The lowest BCUT2D eigenvalue weighted by Crippen LogP contribution is -2.52. The first kappa shape index (κ1) is 26.3. The van der Waals surface area contributed by atoms with Crippen molar-refractivity contribution in [3.8, 4) is 11.1 Å². The fourth-order valence-corrected chi connectivity index (χ4v) is 6.17. The van der Waals surface area contributed by atoms with Gasteiger partial charge in [0.15, 0.2) is 0 Å². The summed E-state index contributed by atoms with van der Waals surface area (Å²) in [6, 6.07) is 11.4. The van der Waals surface area contributed by atoms with E-state index in [9.17, 15) is 9.59 Å². The Morgan fingerprint density at radius 3 is 2.44 bits per heavy atom. The number of hydrogen-bond acceptors (Lipinski definition) is 5. The summed E-state index contributed by atoms with van der Waals surface area (Å²) < 4.78 is 5.19. The molecular formula is C30H41N3O3. The van der Waals surface area contributed by atoms with E-state index in [2.05, 4.69) is 48.0 Å². The SMILES string of the molecule is CCOC(=O)N1CCC(N2CCC(CC(C)C(C)=O)(c3cc(-c4cccnc4)ccc3C)CC2)CC1. The molecule has 194 valence electrons. The molecule has 2 saturated heterocycles. The van der Waals surface area contributed by atoms with Crippen LogP contribution in [-0.2, 0) is 14.9 Å². The highest BCUT2D eigenvalue weighted by atomic mass is 16.6. The minimum atomic E-state index is -0.184. The number of carbonyl (C=O) groups is 2. The molecule has 6 nitrogen and oxygen atoms in total. The summed E-state index contributed by atoms with van der Waals surface area (Å²) in [7, 11) is 0. The van der Waals surface area contributed by atoms with E-state index in [1.165, 1.54) is 16.7 Å². The highest BCUT2D eigenvalue weighted by molar-refractivity contribution is 5.78. The van der Waals surface area contributed by atoms with E-state index in [-0.39, 0.29) is 23.2 Å². The van der Waals surface area contributed by atoms with Gasteiger partial charge in [-0.25, -0.2) is 4.79 Å². The number of likely N-dealkylation sites (tertiary alicyclic amines) is 2. The van der Waals surface area contributed by atoms with Crippen molar-refractivity contribution < 1.29 is 14.3 Å². The standard InChI is InChI=1S/C30H41N3O3/c1-5-36-29(35)33-15-10-27(11-16-33)32-17-12-30(13-18-32,20-23(3)24(4)34)28-19-25(9-8-22(28)2)26-7-6-14-31-21-26/h6-9,14,19,21,23,27H,5,10-13,15-18,20H2,1-4H3. The molecule has 0 radical (unpaired) electrons. The van der Waals surface area contributed by atoms with Crippen molar-refractivity contribution in [2.24, 2.45) is 5.92 Å². The molecule has 1 atom stereocenters. The fraction of sp³-hybridized carbons (Fsp3) is 0.567. The number of carbonyl (C=O) groups excluding carboxylic acids is 2. The van der Waals surface area contributed by atoms with Crippen molar-refractivity contribution in [3.05, 3.63) is 53.9 Å². The molecule has 0 spiro atoms. The first-order valence-corrected chi connectivity index (χ1v) is 13.5. The van der Waals surface area contributed by atoms with Gasteiger partial charge in [0.2, 0.25) is 0 Å². The Balaban J connectivity index is 1.53. The lowest BCUT2D eigenvalue weighted by Gasteiger charge is -2.48. The van der Waals surface area contributed by atoms with E-state index in [4.69, 9.17) is 4.74 Å². The normalized spacial score (nSPS) is 19.6. The number of benzene rings is 1. The van der Waals surface area contributed by atoms with Crippen LogP contribution < -0.4 is 0 Å². The van der Waals surface area contributed by atoms with Crippen LogP contribution in [0.15, 0.2) is 42.7 Å². The molecule has 3 heterocycles. The average Bonchev–Trinajstić information content (AvgIpc) is 2.90. The van der Waals surface area contributed by atoms with Crippen molar-refractivity contribution in [1.29, 1.82) is 0 Å². The number of ether oxygens (including phenoxy) is 1. The third-order valence-corrected chi connectivity index (χ3v) is 8.46. The smallest absolute Gasteiger partial charge is 0.409 e. The fourth-order valence-electron chi connectivity index (χ4n) is 6.17. The molecule has 2 aliphatic heterocycles. The molecule has 6 heteroatoms. The number of piperidine rings is 2. The molecule has 1 aromatic heterocycles. The Hall–Kier alpha value is -2.73. The average molecular weight is 492 g/mol. The number of ketones is 1. The minimum absolute atomic E-state index is 0.0183. The number of amides is 1. The number of aryl methyl sites for hydroxylation is 1. The van der Waals surface area contributed by atoms with Crippen molar-refractivity contribution in [2.45, 2.75) is 71.3 Å². The van der Waals surface area contributed by atoms with E-state index >= 15 is 0 Å². The molecule has 1 amide bonds. The molecule has 2 aromatic rings. The van der Waals surface area contributed by atoms with E-state index in [1.807, 2.05) is 30.3 Å². The van der Waals surface area contributed by atoms with Crippen molar-refractivity contribution in [1.82, 2.24) is 14.8 Å². The second kappa shape index (κ2) is 11.5. The summed E-state index contributed by atoms with van der Waals surface area (Å²) in [6.45, 7) is 11.9. The second-order valence-electron chi connectivity index (χ2n) is 10.7. The largest absolute Gasteiger partial charge is 0.450 e. The molecule has 36 heavy (non-hydrogen) atoms. The topological polar surface area (TPSA) is 62.7 Å². The van der Waals surface area contributed by atoms with E-state index < -0.39 is 0 Å². The Morgan fingerprint density at radius 2 is 1.83 bits per heavy atom. The lowest BCUT2D eigenvalue weighted by atomic mass is 9.65. The molecule has 0 saturated carbocycles. The van der Waals surface area contributed by atoms with Crippen LogP contribution >= 0.6 is 0 Å². The maximum Gasteiger partial charge on any atom is 0.409 e. The van der Waals surface area contributed by atoms with E-state index in [1.54, 1.807) is 6.92 Å². The summed E-state index contributed by atoms with van der Waals surface area (Å²) in [5.41, 5.74) is 4.98. The summed E-state index contributed by atoms with van der Waals surface area (Å²) >= 11 is 0. The number of nitrogens with zero attached hydrogens (tertiary/aromatic N) is 3. The number of Topliss-reactive ketones (excluding diaryl/α,β-unsaturated/α-hetero) is 1. The van der Waals surface area contributed by atoms with Crippen molar-refractivity contribution in [2.75, 3.05) is 32.8 Å². The molecule has 2 fully saturated rings. The van der Waals surface area contributed by atoms with Gasteiger partial charge in [0.05, 0.1) is 6.61 Å². The van der Waals surface area contributed by atoms with Gasteiger partial charge in [0, 0.05) is 37.4 Å². The molecule has 2 aliphatic rings. The molecule has 4 rings (SSSR count). The predicted molar refractivity (Wildman–Crippen MR) is 143 cm³/mol. The van der Waals surface area contributed by atoms with Crippen molar-refractivity contribution in [3.63, 3.8) is 0 Å². The van der Waals surface area contributed by atoms with Gasteiger partial charge in [-0.3, -0.25) is 9.78 Å². The monoisotopic (exact) mass is 491 g/mol. The van der Waals surface area contributed by atoms with E-state index in [0.29, 0.717) is 12.6 Å². The maximum absolute atomic E-state index is 12.3. The third-order valence-electron chi connectivity index (χ3n) is 8.46.